The molecule has 0 aromatic carbocycles. The Hall–Kier alpha value is -2.14. The van der Waals surface area contributed by atoms with Gasteiger partial charge in [-0.3, -0.25) is 4.40 Å². The van der Waals surface area contributed by atoms with Crippen LogP contribution in [0.3, 0.4) is 0 Å². The van der Waals surface area contributed by atoms with E-state index in [1.165, 1.54) is 16.8 Å². The standard InChI is InChI=1S/C14H15N5/c1-2-9-5-15-6-10(9)12-7-17-13-8-18-14-11(19(12)13)3-4-16-14/h3-4,7-8,15-16H,2,5-6H2,1H3. The van der Waals surface area contributed by atoms with Crippen molar-refractivity contribution in [1.82, 2.24) is 24.7 Å². The van der Waals surface area contributed by atoms with Crippen LogP contribution >= 0.6 is 0 Å². The lowest BCUT2D eigenvalue weighted by molar-refractivity contribution is 0.857. The lowest BCUT2D eigenvalue weighted by Crippen LogP contribution is -2.09. The van der Waals surface area contributed by atoms with Crippen LogP contribution < -0.4 is 5.32 Å². The Morgan fingerprint density at radius 2 is 2.21 bits per heavy atom. The largest absolute Gasteiger partial charge is 0.345 e. The normalized spacial score (nSPS) is 16.1. The molecule has 0 bridgehead atoms. The monoisotopic (exact) mass is 253 g/mol. The Labute approximate surface area is 110 Å². The zero-order valence-electron chi connectivity index (χ0n) is 10.8. The summed E-state index contributed by atoms with van der Waals surface area (Å²) in [7, 11) is 0. The van der Waals surface area contributed by atoms with Crippen LogP contribution in [0.5, 0.6) is 0 Å². The summed E-state index contributed by atoms with van der Waals surface area (Å²) >= 11 is 0. The molecule has 0 amide bonds. The Balaban J connectivity index is 2.07. The van der Waals surface area contributed by atoms with E-state index in [0.717, 1.165) is 36.3 Å². The third-order valence-electron chi connectivity index (χ3n) is 3.85. The molecule has 1 aliphatic rings. The molecule has 0 saturated carbocycles. The molecule has 4 heterocycles. The number of hydrogen-bond donors (Lipinski definition) is 2. The SMILES string of the molecule is CCC1=C(c2cnc3cnc4[nH]ccc4n23)CNC1. The van der Waals surface area contributed by atoms with Crippen molar-refractivity contribution in [1.29, 1.82) is 0 Å². The summed E-state index contributed by atoms with van der Waals surface area (Å²) in [4.78, 5) is 12.0. The number of nitrogens with one attached hydrogen (secondary N) is 2. The lowest BCUT2D eigenvalue weighted by Gasteiger charge is -2.06. The molecule has 2 N–H and O–H groups in total. The van der Waals surface area contributed by atoms with E-state index in [1.807, 2.05) is 18.6 Å². The Kier molecular flexibility index (Phi) is 2.22. The topological polar surface area (TPSA) is 58.0 Å². The van der Waals surface area contributed by atoms with Crippen LogP contribution in [0.1, 0.15) is 19.0 Å². The molecule has 0 saturated heterocycles. The van der Waals surface area contributed by atoms with Gasteiger partial charge in [-0.05, 0) is 18.1 Å². The highest BCUT2D eigenvalue weighted by Gasteiger charge is 2.18. The fraction of sp³-hybridized carbons (Fsp3) is 0.286. The first-order chi connectivity index (χ1) is 9.38. The zero-order valence-corrected chi connectivity index (χ0v) is 10.8. The Morgan fingerprint density at radius 1 is 1.26 bits per heavy atom. The number of nitrogens with zero attached hydrogens (tertiary/aromatic N) is 3. The molecule has 0 atom stereocenters. The van der Waals surface area contributed by atoms with E-state index in [-0.39, 0.29) is 0 Å². The number of hydrogen-bond acceptors (Lipinski definition) is 3. The second kappa shape index (κ2) is 3.93. The van der Waals surface area contributed by atoms with E-state index < -0.39 is 0 Å². The van der Waals surface area contributed by atoms with Gasteiger partial charge in [0.1, 0.15) is 0 Å². The first-order valence-corrected chi connectivity index (χ1v) is 6.60. The molecule has 96 valence electrons. The maximum atomic E-state index is 4.49. The van der Waals surface area contributed by atoms with Crippen LogP contribution in [-0.2, 0) is 0 Å². The molecule has 5 heteroatoms. The highest BCUT2D eigenvalue weighted by Crippen LogP contribution is 2.26. The molecular weight excluding hydrogens is 238 g/mol. The number of aromatic amines is 1. The third-order valence-corrected chi connectivity index (χ3v) is 3.85. The van der Waals surface area contributed by atoms with Gasteiger partial charge in [0.15, 0.2) is 11.3 Å². The number of aromatic nitrogens is 4. The molecule has 19 heavy (non-hydrogen) atoms. The van der Waals surface area contributed by atoms with Crippen molar-refractivity contribution in [3.05, 3.63) is 35.9 Å². The first-order valence-electron chi connectivity index (χ1n) is 6.60. The van der Waals surface area contributed by atoms with E-state index in [4.69, 9.17) is 0 Å². The van der Waals surface area contributed by atoms with E-state index >= 15 is 0 Å². The molecule has 3 aromatic rings. The first kappa shape index (κ1) is 10.8. The van der Waals surface area contributed by atoms with Crippen molar-refractivity contribution in [2.45, 2.75) is 13.3 Å². The molecule has 0 fully saturated rings. The van der Waals surface area contributed by atoms with Gasteiger partial charge in [-0.25, -0.2) is 9.97 Å². The summed E-state index contributed by atoms with van der Waals surface area (Å²) in [5, 5.41) is 3.43. The Morgan fingerprint density at radius 3 is 3.11 bits per heavy atom. The second-order valence-corrected chi connectivity index (χ2v) is 4.85. The second-order valence-electron chi connectivity index (χ2n) is 4.85. The summed E-state index contributed by atoms with van der Waals surface area (Å²) < 4.78 is 2.19. The zero-order chi connectivity index (χ0) is 12.8. The van der Waals surface area contributed by atoms with Crippen LogP contribution in [0.2, 0.25) is 0 Å². The highest BCUT2D eigenvalue weighted by atomic mass is 15.1. The molecule has 0 unspecified atom stereocenters. The minimum atomic E-state index is 0.899. The number of imidazole rings is 1. The summed E-state index contributed by atoms with van der Waals surface area (Å²) in [6.45, 7) is 4.12. The van der Waals surface area contributed by atoms with Gasteiger partial charge in [0.05, 0.1) is 23.6 Å². The molecule has 1 aliphatic heterocycles. The van der Waals surface area contributed by atoms with Crippen molar-refractivity contribution < 1.29 is 0 Å². The van der Waals surface area contributed by atoms with Crippen molar-refractivity contribution in [3.63, 3.8) is 0 Å². The molecule has 3 aromatic heterocycles. The van der Waals surface area contributed by atoms with Gasteiger partial charge >= 0.3 is 0 Å². The van der Waals surface area contributed by atoms with Crippen molar-refractivity contribution >= 4 is 22.4 Å². The lowest BCUT2D eigenvalue weighted by atomic mass is 10.1. The number of fused-ring (bicyclic) bond motifs is 3. The fourth-order valence-electron chi connectivity index (χ4n) is 2.86. The summed E-state index contributed by atoms with van der Waals surface area (Å²) in [5.41, 5.74) is 6.92. The van der Waals surface area contributed by atoms with Crippen LogP contribution in [0.4, 0.5) is 0 Å². The van der Waals surface area contributed by atoms with E-state index in [0.29, 0.717) is 0 Å². The Bertz CT molecular complexity index is 792. The van der Waals surface area contributed by atoms with E-state index in [2.05, 4.69) is 37.7 Å². The minimum absolute atomic E-state index is 0.899. The summed E-state index contributed by atoms with van der Waals surface area (Å²) in [5.74, 6) is 0. The maximum absolute atomic E-state index is 4.49. The fourth-order valence-corrected chi connectivity index (χ4v) is 2.86. The van der Waals surface area contributed by atoms with Crippen LogP contribution in [0.15, 0.2) is 30.2 Å². The number of H-pyrrole nitrogens is 1. The van der Waals surface area contributed by atoms with Gasteiger partial charge in [-0.15, -0.1) is 0 Å². The van der Waals surface area contributed by atoms with Gasteiger partial charge in [0.25, 0.3) is 0 Å². The highest BCUT2D eigenvalue weighted by molar-refractivity contribution is 5.80. The summed E-state index contributed by atoms with van der Waals surface area (Å²) in [6.07, 6.45) is 6.78. The quantitative estimate of drug-likeness (QED) is 0.734. The molecule has 4 rings (SSSR count). The van der Waals surface area contributed by atoms with E-state index in [9.17, 15) is 0 Å². The predicted octanol–water partition coefficient (Wildman–Crippen LogP) is 1.98. The van der Waals surface area contributed by atoms with Crippen molar-refractivity contribution in [2.75, 3.05) is 13.1 Å². The third kappa shape index (κ3) is 1.45. The van der Waals surface area contributed by atoms with E-state index in [1.54, 1.807) is 0 Å². The average molecular weight is 253 g/mol. The van der Waals surface area contributed by atoms with Crippen LogP contribution in [-0.4, -0.2) is 32.4 Å². The molecule has 0 aliphatic carbocycles. The van der Waals surface area contributed by atoms with Gasteiger partial charge in [0.2, 0.25) is 0 Å². The molecule has 5 nitrogen and oxygen atoms in total. The summed E-state index contributed by atoms with van der Waals surface area (Å²) in [6, 6.07) is 2.05. The van der Waals surface area contributed by atoms with Crippen LogP contribution in [0, 0.1) is 0 Å². The molecular formula is C14H15N5. The minimum Gasteiger partial charge on any atom is -0.345 e. The van der Waals surface area contributed by atoms with Crippen LogP contribution in [0.25, 0.3) is 22.4 Å². The van der Waals surface area contributed by atoms with Gasteiger partial charge < -0.3 is 10.3 Å². The molecule has 0 spiro atoms. The average Bonchev–Trinajstić information content (AvgIpc) is 3.15. The smallest absolute Gasteiger partial charge is 0.156 e. The van der Waals surface area contributed by atoms with Gasteiger partial charge in [-0.2, -0.15) is 0 Å². The van der Waals surface area contributed by atoms with Crippen molar-refractivity contribution in [2.24, 2.45) is 0 Å². The number of rotatable bonds is 2. The van der Waals surface area contributed by atoms with Gasteiger partial charge in [0, 0.05) is 19.3 Å². The predicted molar refractivity (Wildman–Crippen MR) is 74.9 cm³/mol. The van der Waals surface area contributed by atoms with Gasteiger partial charge in [-0.1, -0.05) is 12.5 Å². The maximum Gasteiger partial charge on any atom is 0.156 e. The van der Waals surface area contributed by atoms with Crippen molar-refractivity contribution in [3.8, 4) is 0 Å². The molecule has 0 radical (unpaired) electrons.